The van der Waals surface area contributed by atoms with Gasteiger partial charge in [0.2, 0.25) is 5.91 Å². The standard InChI is InChI=1S/C18H21N3O2S/c1-23-16-4-2-3-15(13-16)20-9-11-21(12-10-20)18(22)14-24-17-5-7-19-8-6-17/h2-8,13H,9-12,14H2,1H3. The van der Waals surface area contributed by atoms with Gasteiger partial charge in [-0.1, -0.05) is 6.07 Å². The molecule has 0 spiro atoms. The van der Waals surface area contributed by atoms with Gasteiger partial charge in [-0.25, -0.2) is 0 Å². The summed E-state index contributed by atoms with van der Waals surface area (Å²) in [6.45, 7) is 3.21. The third-order valence-corrected chi connectivity index (χ3v) is 5.06. The molecule has 126 valence electrons. The van der Waals surface area contributed by atoms with E-state index in [1.165, 1.54) is 0 Å². The van der Waals surface area contributed by atoms with Crippen LogP contribution in [0, 0.1) is 0 Å². The molecule has 0 N–H and O–H groups in total. The average Bonchev–Trinajstić information content (AvgIpc) is 2.67. The molecule has 2 aromatic rings. The van der Waals surface area contributed by atoms with E-state index in [1.807, 2.05) is 35.2 Å². The highest BCUT2D eigenvalue weighted by atomic mass is 32.2. The zero-order chi connectivity index (χ0) is 16.8. The minimum absolute atomic E-state index is 0.196. The first kappa shape index (κ1) is 16.6. The lowest BCUT2D eigenvalue weighted by atomic mass is 10.2. The van der Waals surface area contributed by atoms with Gasteiger partial charge in [-0.15, -0.1) is 11.8 Å². The van der Waals surface area contributed by atoms with E-state index in [-0.39, 0.29) is 5.91 Å². The van der Waals surface area contributed by atoms with Gasteiger partial charge in [-0.05, 0) is 24.3 Å². The number of aromatic nitrogens is 1. The fourth-order valence-electron chi connectivity index (χ4n) is 2.69. The summed E-state index contributed by atoms with van der Waals surface area (Å²) in [6, 6.07) is 11.9. The van der Waals surface area contributed by atoms with Crippen LogP contribution in [0.1, 0.15) is 0 Å². The fraction of sp³-hybridized carbons (Fsp3) is 0.333. The van der Waals surface area contributed by atoms with Crippen molar-refractivity contribution in [2.24, 2.45) is 0 Å². The SMILES string of the molecule is COc1cccc(N2CCN(C(=O)CSc3ccncc3)CC2)c1. The zero-order valence-electron chi connectivity index (χ0n) is 13.7. The summed E-state index contributed by atoms with van der Waals surface area (Å²) in [5.41, 5.74) is 1.15. The second-order valence-electron chi connectivity index (χ2n) is 5.54. The second kappa shape index (κ2) is 8.06. The van der Waals surface area contributed by atoms with Crippen molar-refractivity contribution in [3.05, 3.63) is 48.8 Å². The molecule has 3 rings (SSSR count). The molecule has 0 atom stereocenters. The number of rotatable bonds is 5. The molecule has 6 heteroatoms. The van der Waals surface area contributed by atoms with Crippen LogP contribution in [-0.4, -0.2) is 54.8 Å². The highest BCUT2D eigenvalue weighted by Crippen LogP contribution is 2.23. The third-order valence-electron chi connectivity index (χ3n) is 4.06. The topological polar surface area (TPSA) is 45.7 Å². The number of amides is 1. The van der Waals surface area contributed by atoms with E-state index in [1.54, 1.807) is 31.3 Å². The Morgan fingerprint density at radius 3 is 2.62 bits per heavy atom. The maximum Gasteiger partial charge on any atom is 0.233 e. The largest absolute Gasteiger partial charge is 0.497 e. The number of thioether (sulfide) groups is 1. The summed E-state index contributed by atoms with van der Waals surface area (Å²) in [4.78, 5) is 21.7. The molecule has 2 heterocycles. The molecule has 1 aromatic carbocycles. The second-order valence-corrected chi connectivity index (χ2v) is 6.59. The van der Waals surface area contributed by atoms with Crippen LogP contribution in [0.3, 0.4) is 0 Å². The van der Waals surface area contributed by atoms with Crippen LogP contribution in [-0.2, 0) is 4.79 Å². The Morgan fingerprint density at radius 1 is 1.17 bits per heavy atom. The van der Waals surface area contributed by atoms with Crippen LogP contribution in [0.25, 0.3) is 0 Å². The molecule has 0 saturated carbocycles. The van der Waals surface area contributed by atoms with Gasteiger partial charge in [0.05, 0.1) is 12.9 Å². The molecule has 1 amide bonds. The van der Waals surface area contributed by atoms with E-state index < -0.39 is 0 Å². The van der Waals surface area contributed by atoms with E-state index in [4.69, 9.17) is 4.74 Å². The van der Waals surface area contributed by atoms with Crippen molar-refractivity contribution in [1.82, 2.24) is 9.88 Å². The highest BCUT2D eigenvalue weighted by Gasteiger charge is 2.21. The summed E-state index contributed by atoms with van der Waals surface area (Å²) in [5, 5.41) is 0. The van der Waals surface area contributed by atoms with E-state index >= 15 is 0 Å². The lowest BCUT2D eigenvalue weighted by Crippen LogP contribution is -2.49. The van der Waals surface area contributed by atoms with Crippen LogP contribution < -0.4 is 9.64 Å². The molecule has 0 bridgehead atoms. The summed E-state index contributed by atoms with van der Waals surface area (Å²) in [7, 11) is 1.68. The molecule has 1 fully saturated rings. The number of pyridine rings is 1. The molecule has 0 radical (unpaired) electrons. The molecule has 1 aromatic heterocycles. The molecule has 1 saturated heterocycles. The molecular formula is C18H21N3O2S. The van der Waals surface area contributed by atoms with Crippen LogP contribution in [0.2, 0.25) is 0 Å². The van der Waals surface area contributed by atoms with Crippen molar-refractivity contribution < 1.29 is 9.53 Å². The summed E-state index contributed by atoms with van der Waals surface area (Å²) in [5.74, 6) is 1.53. The Kier molecular flexibility index (Phi) is 5.59. The van der Waals surface area contributed by atoms with E-state index in [0.717, 1.165) is 42.5 Å². The number of carbonyl (C=O) groups excluding carboxylic acids is 1. The number of nitrogens with zero attached hydrogens (tertiary/aromatic N) is 3. The Morgan fingerprint density at radius 2 is 1.92 bits per heavy atom. The first-order valence-electron chi connectivity index (χ1n) is 7.96. The van der Waals surface area contributed by atoms with Gasteiger partial charge in [0, 0.05) is 55.2 Å². The number of methoxy groups -OCH3 is 1. The molecule has 1 aliphatic heterocycles. The monoisotopic (exact) mass is 343 g/mol. The van der Waals surface area contributed by atoms with Crippen molar-refractivity contribution in [3.8, 4) is 5.75 Å². The molecule has 0 aliphatic carbocycles. The van der Waals surface area contributed by atoms with Gasteiger partial charge in [0.25, 0.3) is 0 Å². The first-order valence-corrected chi connectivity index (χ1v) is 8.94. The number of piperazine rings is 1. The number of anilines is 1. The highest BCUT2D eigenvalue weighted by molar-refractivity contribution is 8.00. The number of hydrogen-bond donors (Lipinski definition) is 0. The van der Waals surface area contributed by atoms with Gasteiger partial charge in [0.15, 0.2) is 0 Å². The van der Waals surface area contributed by atoms with Crippen molar-refractivity contribution in [1.29, 1.82) is 0 Å². The summed E-state index contributed by atoms with van der Waals surface area (Å²) < 4.78 is 5.28. The molecule has 24 heavy (non-hydrogen) atoms. The molecular weight excluding hydrogens is 322 g/mol. The Labute approximate surface area is 146 Å². The van der Waals surface area contributed by atoms with E-state index in [0.29, 0.717) is 5.75 Å². The predicted octanol–water partition coefficient (Wildman–Crippen LogP) is 2.53. The Bertz CT molecular complexity index is 673. The maximum absolute atomic E-state index is 12.4. The van der Waals surface area contributed by atoms with Gasteiger partial charge in [0.1, 0.15) is 5.75 Å². The first-order chi connectivity index (χ1) is 11.8. The van der Waals surface area contributed by atoms with Crippen molar-refractivity contribution in [2.45, 2.75) is 4.90 Å². The number of hydrogen-bond acceptors (Lipinski definition) is 5. The molecule has 0 unspecified atom stereocenters. The molecule has 5 nitrogen and oxygen atoms in total. The van der Waals surface area contributed by atoms with Crippen LogP contribution in [0.15, 0.2) is 53.7 Å². The van der Waals surface area contributed by atoms with Crippen molar-refractivity contribution in [3.63, 3.8) is 0 Å². The minimum atomic E-state index is 0.196. The van der Waals surface area contributed by atoms with Gasteiger partial charge >= 0.3 is 0 Å². The Balaban J connectivity index is 1.50. The van der Waals surface area contributed by atoms with Gasteiger partial charge in [-0.2, -0.15) is 0 Å². The fourth-order valence-corrected chi connectivity index (χ4v) is 3.48. The van der Waals surface area contributed by atoms with Gasteiger partial charge in [-0.3, -0.25) is 9.78 Å². The average molecular weight is 343 g/mol. The van der Waals surface area contributed by atoms with Crippen LogP contribution >= 0.6 is 11.8 Å². The van der Waals surface area contributed by atoms with Crippen molar-refractivity contribution in [2.75, 3.05) is 43.9 Å². The lowest BCUT2D eigenvalue weighted by molar-refractivity contribution is -0.128. The third kappa shape index (κ3) is 4.20. The number of carbonyl (C=O) groups is 1. The molecule has 1 aliphatic rings. The summed E-state index contributed by atoms with van der Waals surface area (Å²) in [6.07, 6.45) is 3.50. The Hall–Kier alpha value is -2.21. The normalized spacial score (nSPS) is 14.5. The van der Waals surface area contributed by atoms with Crippen LogP contribution in [0.4, 0.5) is 5.69 Å². The van der Waals surface area contributed by atoms with E-state index in [9.17, 15) is 4.79 Å². The maximum atomic E-state index is 12.4. The van der Waals surface area contributed by atoms with Crippen LogP contribution in [0.5, 0.6) is 5.75 Å². The quantitative estimate of drug-likeness (QED) is 0.781. The smallest absolute Gasteiger partial charge is 0.233 e. The predicted molar refractivity (Wildman–Crippen MR) is 96.7 cm³/mol. The summed E-state index contributed by atoms with van der Waals surface area (Å²) >= 11 is 1.56. The van der Waals surface area contributed by atoms with Crippen molar-refractivity contribution >= 4 is 23.4 Å². The number of ether oxygens (including phenoxy) is 1. The van der Waals surface area contributed by atoms with Gasteiger partial charge < -0.3 is 14.5 Å². The number of benzene rings is 1. The van der Waals surface area contributed by atoms with E-state index in [2.05, 4.69) is 16.0 Å². The zero-order valence-corrected chi connectivity index (χ0v) is 14.5. The minimum Gasteiger partial charge on any atom is -0.497 e. The lowest BCUT2D eigenvalue weighted by Gasteiger charge is -2.36.